The third kappa shape index (κ3) is 4.26. The highest BCUT2D eigenvalue weighted by atomic mass is 32.2. The predicted octanol–water partition coefficient (Wildman–Crippen LogP) is 1.68. The van der Waals surface area contributed by atoms with Gasteiger partial charge in [-0.15, -0.1) is 0 Å². The monoisotopic (exact) mass is 265 g/mol. The summed E-state index contributed by atoms with van der Waals surface area (Å²) in [6, 6.07) is 0.165. The van der Waals surface area contributed by atoms with Crippen LogP contribution in [-0.2, 0) is 9.84 Å². The predicted molar refractivity (Wildman–Crippen MR) is 71.9 cm³/mol. The van der Waals surface area contributed by atoms with E-state index >= 15 is 0 Å². The van der Waals surface area contributed by atoms with Gasteiger partial charge in [0.2, 0.25) is 0 Å². The fourth-order valence-electron chi connectivity index (χ4n) is 2.24. The van der Waals surface area contributed by atoms with Crippen LogP contribution in [0.1, 0.15) is 32.6 Å². The fraction of sp³-hybridized carbons (Fsp3) is 1.00. The van der Waals surface area contributed by atoms with Crippen molar-refractivity contribution in [1.29, 1.82) is 0 Å². The first-order valence-corrected chi connectivity index (χ1v) is 9.14. The molecule has 1 aliphatic carbocycles. The van der Waals surface area contributed by atoms with Crippen LogP contribution in [0.3, 0.4) is 0 Å². The second-order valence-electron chi connectivity index (χ2n) is 4.71. The average Bonchev–Trinajstić information content (AvgIpc) is 2.25. The van der Waals surface area contributed by atoms with Crippen LogP contribution < -0.4 is 5.32 Å². The maximum atomic E-state index is 11.7. The summed E-state index contributed by atoms with van der Waals surface area (Å²) in [7, 11) is -2.90. The molecule has 16 heavy (non-hydrogen) atoms. The highest BCUT2D eigenvalue weighted by molar-refractivity contribution is 7.99. The molecule has 0 bridgehead atoms. The summed E-state index contributed by atoms with van der Waals surface area (Å²) in [5, 5.41) is 3.80. The summed E-state index contributed by atoms with van der Waals surface area (Å²) in [6.45, 7) is 3.06. The summed E-state index contributed by atoms with van der Waals surface area (Å²) in [5.41, 5.74) is 0. The van der Waals surface area contributed by atoms with Gasteiger partial charge in [0.05, 0.1) is 5.25 Å². The molecule has 0 spiro atoms. The highest BCUT2D eigenvalue weighted by Crippen LogP contribution is 2.24. The Kier molecular flexibility index (Phi) is 5.61. The molecular weight excluding hydrogens is 242 g/mol. The molecule has 0 amide bonds. The van der Waals surface area contributed by atoms with Gasteiger partial charge in [-0.25, -0.2) is 8.42 Å². The second kappa shape index (κ2) is 6.26. The average molecular weight is 265 g/mol. The van der Waals surface area contributed by atoms with E-state index in [9.17, 15) is 8.42 Å². The van der Waals surface area contributed by atoms with Gasteiger partial charge in [-0.3, -0.25) is 0 Å². The lowest BCUT2D eigenvalue weighted by Gasteiger charge is -2.31. The molecule has 0 aromatic heterocycles. The van der Waals surface area contributed by atoms with Crippen LogP contribution in [0.4, 0.5) is 0 Å². The minimum Gasteiger partial charge on any atom is -0.312 e. The van der Waals surface area contributed by atoms with Gasteiger partial charge in [0.1, 0.15) is 0 Å². The molecule has 1 aliphatic rings. The molecule has 0 radical (unpaired) electrons. The van der Waals surface area contributed by atoms with Crippen molar-refractivity contribution in [2.24, 2.45) is 0 Å². The van der Waals surface area contributed by atoms with Crippen molar-refractivity contribution in [1.82, 2.24) is 5.32 Å². The van der Waals surface area contributed by atoms with Crippen molar-refractivity contribution in [3.63, 3.8) is 0 Å². The molecule has 3 nitrogen and oxygen atoms in total. The molecule has 0 aliphatic heterocycles. The number of thioether (sulfide) groups is 1. The zero-order valence-corrected chi connectivity index (χ0v) is 12.0. The molecule has 1 N–H and O–H groups in total. The first-order valence-electron chi connectivity index (χ1n) is 5.90. The van der Waals surface area contributed by atoms with E-state index in [-0.39, 0.29) is 11.3 Å². The molecule has 3 unspecified atom stereocenters. The Morgan fingerprint density at radius 2 is 2.00 bits per heavy atom. The van der Waals surface area contributed by atoms with Crippen molar-refractivity contribution >= 4 is 21.6 Å². The topological polar surface area (TPSA) is 46.2 Å². The Morgan fingerprint density at radius 1 is 1.38 bits per heavy atom. The summed E-state index contributed by atoms with van der Waals surface area (Å²) in [6.07, 6.45) is 7.48. The van der Waals surface area contributed by atoms with Crippen molar-refractivity contribution in [2.45, 2.75) is 49.1 Å². The summed E-state index contributed by atoms with van der Waals surface area (Å²) in [5.74, 6) is 0. The molecule has 3 atom stereocenters. The fourth-order valence-corrected chi connectivity index (χ4v) is 3.93. The Balaban J connectivity index is 2.54. The standard InChI is InChI=1S/C11H23NO2S2/c1-9(15-2)8-12-10-6-4-5-7-11(10)16(3,13)14/h9-12H,4-8H2,1-3H3. The van der Waals surface area contributed by atoms with Gasteiger partial charge < -0.3 is 5.32 Å². The van der Waals surface area contributed by atoms with Crippen molar-refractivity contribution < 1.29 is 8.42 Å². The first kappa shape index (κ1) is 14.3. The largest absolute Gasteiger partial charge is 0.312 e. The first-order chi connectivity index (χ1) is 7.45. The molecule has 0 aromatic rings. The quantitative estimate of drug-likeness (QED) is 0.821. The molecule has 5 heteroatoms. The Labute approximate surface area is 104 Å². The van der Waals surface area contributed by atoms with Gasteiger partial charge in [-0.2, -0.15) is 11.8 Å². The molecule has 0 saturated heterocycles. The zero-order chi connectivity index (χ0) is 12.2. The molecule has 96 valence electrons. The summed E-state index contributed by atoms with van der Waals surface area (Å²) >= 11 is 1.81. The molecule has 0 heterocycles. The smallest absolute Gasteiger partial charge is 0.151 e. The van der Waals surface area contributed by atoms with E-state index in [2.05, 4.69) is 18.5 Å². The van der Waals surface area contributed by atoms with Crippen LogP contribution in [0.15, 0.2) is 0 Å². The minimum absolute atomic E-state index is 0.165. The van der Waals surface area contributed by atoms with Crippen LogP contribution in [-0.4, -0.2) is 44.0 Å². The van der Waals surface area contributed by atoms with Gasteiger partial charge in [0.15, 0.2) is 9.84 Å². The van der Waals surface area contributed by atoms with Gasteiger partial charge in [-0.1, -0.05) is 19.8 Å². The van der Waals surface area contributed by atoms with Crippen molar-refractivity contribution in [2.75, 3.05) is 19.1 Å². The number of rotatable bonds is 5. The van der Waals surface area contributed by atoms with Gasteiger partial charge in [0.25, 0.3) is 0 Å². The lowest BCUT2D eigenvalue weighted by atomic mass is 9.95. The van der Waals surface area contributed by atoms with Crippen LogP contribution >= 0.6 is 11.8 Å². The molecule has 1 fully saturated rings. The van der Waals surface area contributed by atoms with E-state index in [1.165, 1.54) is 6.26 Å². The molecular formula is C11H23NO2S2. The normalized spacial score (nSPS) is 28.9. The van der Waals surface area contributed by atoms with Crippen molar-refractivity contribution in [3.05, 3.63) is 0 Å². The lowest BCUT2D eigenvalue weighted by Crippen LogP contribution is -2.47. The molecule has 0 aromatic carbocycles. The van der Waals surface area contributed by atoms with Crippen molar-refractivity contribution in [3.8, 4) is 0 Å². The Bertz CT molecular complexity index is 303. The Morgan fingerprint density at radius 3 is 2.56 bits per heavy atom. The van der Waals surface area contributed by atoms with Crippen LogP contribution in [0, 0.1) is 0 Å². The van der Waals surface area contributed by atoms with Gasteiger partial charge in [0, 0.05) is 24.1 Å². The van der Waals surface area contributed by atoms with E-state index in [0.29, 0.717) is 5.25 Å². The number of hydrogen-bond donors (Lipinski definition) is 1. The third-order valence-corrected chi connectivity index (χ3v) is 5.96. The summed E-state index contributed by atoms with van der Waals surface area (Å²) < 4.78 is 23.3. The summed E-state index contributed by atoms with van der Waals surface area (Å²) in [4.78, 5) is 0. The van der Waals surface area contributed by atoms with E-state index in [1.54, 1.807) is 0 Å². The van der Waals surface area contributed by atoms with E-state index in [4.69, 9.17) is 0 Å². The maximum Gasteiger partial charge on any atom is 0.151 e. The van der Waals surface area contributed by atoms with Gasteiger partial charge in [-0.05, 0) is 19.1 Å². The number of hydrogen-bond acceptors (Lipinski definition) is 4. The molecule has 1 rings (SSSR count). The van der Waals surface area contributed by atoms with Gasteiger partial charge >= 0.3 is 0 Å². The number of sulfone groups is 1. The van der Waals surface area contributed by atoms with Crippen LogP contribution in [0.2, 0.25) is 0 Å². The second-order valence-corrected chi connectivity index (χ2v) is 8.25. The zero-order valence-electron chi connectivity index (χ0n) is 10.4. The number of nitrogens with one attached hydrogen (secondary N) is 1. The SMILES string of the molecule is CSC(C)CNC1CCCCC1S(C)(=O)=O. The van der Waals surface area contributed by atoms with E-state index < -0.39 is 9.84 Å². The minimum atomic E-state index is -2.90. The maximum absolute atomic E-state index is 11.7. The van der Waals surface area contributed by atoms with Crippen LogP contribution in [0.25, 0.3) is 0 Å². The van der Waals surface area contributed by atoms with Crippen LogP contribution in [0.5, 0.6) is 0 Å². The third-order valence-electron chi connectivity index (χ3n) is 3.32. The molecule has 1 saturated carbocycles. The lowest BCUT2D eigenvalue weighted by molar-refractivity contribution is 0.373. The van der Waals surface area contributed by atoms with E-state index in [0.717, 1.165) is 32.2 Å². The Hall–Kier alpha value is 0.260. The highest BCUT2D eigenvalue weighted by Gasteiger charge is 2.32. The van der Waals surface area contributed by atoms with E-state index in [1.807, 2.05) is 11.8 Å².